The lowest BCUT2D eigenvalue weighted by molar-refractivity contribution is 0.410. The van der Waals surface area contributed by atoms with Gasteiger partial charge in [0.1, 0.15) is 0 Å². The molecular formula is C12H18FNO. The summed E-state index contributed by atoms with van der Waals surface area (Å²) in [6.07, 6.45) is 0.734. The molecule has 1 aromatic carbocycles. The summed E-state index contributed by atoms with van der Waals surface area (Å²) in [5.41, 5.74) is 7.31. The normalized spacial score (nSPS) is 13.2. The fraction of sp³-hybridized carbons (Fsp3) is 0.500. The molecular weight excluding hydrogens is 193 g/mol. The Morgan fingerprint density at radius 1 is 1.40 bits per heavy atom. The van der Waals surface area contributed by atoms with E-state index in [-0.39, 0.29) is 11.8 Å². The largest absolute Gasteiger partial charge is 0.505 e. The summed E-state index contributed by atoms with van der Waals surface area (Å²) in [5, 5.41) is 9.61. The summed E-state index contributed by atoms with van der Waals surface area (Å²) in [7, 11) is 0. The van der Waals surface area contributed by atoms with Crippen LogP contribution in [0.3, 0.4) is 0 Å². The molecule has 0 saturated carbocycles. The van der Waals surface area contributed by atoms with E-state index in [9.17, 15) is 9.50 Å². The maximum atomic E-state index is 13.2. The van der Waals surface area contributed by atoms with Crippen molar-refractivity contribution in [1.82, 2.24) is 0 Å². The van der Waals surface area contributed by atoms with Crippen molar-refractivity contribution in [2.24, 2.45) is 11.7 Å². The molecule has 1 aromatic rings. The van der Waals surface area contributed by atoms with Crippen molar-refractivity contribution >= 4 is 0 Å². The first-order valence-corrected chi connectivity index (χ1v) is 5.17. The molecule has 1 rings (SSSR count). The molecule has 3 N–H and O–H groups in total. The third kappa shape index (κ3) is 2.69. The van der Waals surface area contributed by atoms with Gasteiger partial charge in [0.25, 0.3) is 0 Å². The van der Waals surface area contributed by atoms with Crippen LogP contribution in [0.2, 0.25) is 0 Å². The molecule has 0 aliphatic heterocycles. The molecule has 0 aliphatic carbocycles. The first-order chi connectivity index (χ1) is 6.93. The molecule has 0 saturated heterocycles. The van der Waals surface area contributed by atoms with Crippen molar-refractivity contribution in [2.75, 3.05) is 0 Å². The number of phenolic OH excluding ortho intramolecular Hbond substituents is 1. The van der Waals surface area contributed by atoms with Crippen molar-refractivity contribution in [3.63, 3.8) is 0 Å². The van der Waals surface area contributed by atoms with Gasteiger partial charge >= 0.3 is 0 Å². The molecule has 84 valence electrons. The topological polar surface area (TPSA) is 46.2 Å². The van der Waals surface area contributed by atoms with Crippen molar-refractivity contribution in [3.05, 3.63) is 29.1 Å². The molecule has 0 aliphatic rings. The summed E-state index contributed by atoms with van der Waals surface area (Å²) in [5.74, 6) is -0.486. The smallest absolute Gasteiger partial charge is 0.165 e. The lowest BCUT2D eigenvalue weighted by atomic mass is 9.93. The second-order valence-corrected chi connectivity index (χ2v) is 4.36. The number of rotatable bonds is 3. The highest BCUT2D eigenvalue weighted by molar-refractivity contribution is 5.41. The highest BCUT2D eigenvalue weighted by atomic mass is 19.1. The summed E-state index contributed by atoms with van der Waals surface area (Å²) in [6.45, 7) is 5.92. The third-order valence-electron chi connectivity index (χ3n) is 2.48. The van der Waals surface area contributed by atoms with E-state index in [1.807, 2.05) is 20.8 Å². The number of hydrogen-bond acceptors (Lipinski definition) is 2. The maximum Gasteiger partial charge on any atom is 0.165 e. The fourth-order valence-electron chi connectivity index (χ4n) is 1.78. The first kappa shape index (κ1) is 12.0. The lowest BCUT2D eigenvalue weighted by Gasteiger charge is -2.18. The Morgan fingerprint density at radius 2 is 2.00 bits per heavy atom. The number of aryl methyl sites for hydroxylation is 1. The molecule has 0 radical (unpaired) electrons. The van der Waals surface area contributed by atoms with Gasteiger partial charge in [-0.15, -0.1) is 0 Å². The number of halogens is 1. The molecule has 0 spiro atoms. The Labute approximate surface area is 89.9 Å². The van der Waals surface area contributed by atoms with Crippen LogP contribution in [0.5, 0.6) is 5.75 Å². The van der Waals surface area contributed by atoms with E-state index in [0.717, 1.165) is 12.0 Å². The molecule has 2 nitrogen and oxygen atoms in total. The molecule has 0 unspecified atom stereocenters. The molecule has 0 heterocycles. The Bertz CT molecular complexity index is 350. The summed E-state index contributed by atoms with van der Waals surface area (Å²) in [6, 6.07) is 2.60. The van der Waals surface area contributed by atoms with E-state index in [0.29, 0.717) is 11.5 Å². The molecule has 0 bridgehead atoms. The van der Waals surface area contributed by atoms with Gasteiger partial charge in [-0.25, -0.2) is 4.39 Å². The number of hydrogen-bond donors (Lipinski definition) is 2. The zero-order chi connectivity index (χ0) is 11.6. The van der Waals surface area contributed by atoms with Gasteiger partial charge in [0.05, 0.1) is 0 Å². The van der Waals surface area contributed by atoms with E-state index in [1.54, 1.807) is 6.07 Å². The van der Waals surface area contributed by atoms with Crippen LogP contribution >= 0.6 is 0 Å². The third-order valence-corrected chi connectivity index (χ3v) is 2.48. The molecule has 0 fully saturated rings. The maximum absolute atomic E-state index is 13.2. The molecule has 0 aromatic heterocycles. The fourth-order valence-corrected chi connectivity index (χ4v) is 1.78. The Hall–Kier alpha value is -1.09. The van der Waals surface area contributed by atoms with Gasteiger partial charge in [-0.1, -0.05) is 19.9 Å². The Kier molecular flexibility index (Phi) is 3.69. The second kappa shape index (κ2) is 4.62. The minimum Gasteiger partial charge on any atom is -0.505 e. The van der Waals surface area contributed by atoms with Gasteiger partial charge in [-0.2, -0.15) is 0 Å². The van der Waals surface area contributed by atoms with Gasteiger partial charge in [0.2, 0.25) is 0 Å². The van der Waals surface area contributed by atoms with E-state index in [1.165, 1.54) is 6.07 Å². The average molecular weight is 211 g/mol. The predicted octanol–water partition coefficient (Wildman–Crippen LogP) is 2.89. The van der Waals surface area contributed by atoms with Crippen LogP contribution in [0.1, 0.15) is 37.4 Å². The van der Waals surface area contributed by atoms with Crippen LogP contribution in [0.4, 0.5) is 4.39 Å². The SMILES string of the molecule is Cc1ccc(F)c(O)c1[C@H](N)CC(C)C. The van der Waals surface area contributed by atoms with E-state index in [4.69, 9.17) is 5.73 Å². The second-order valence-electron chi connectivity index (χ2n) is 4.36. The predicted molar refractivity (Wildman–Crippen MR) is 59.2 cm³/mol. The van der Waals surface area contributed by atoms with Gasteiger partial charge < -0.3 is 10.8 Å². The van der Waals surface area contributed by atoms with Gasteiger partial charge in [-0.05, 0) is 30.9 Å². The molecule has 3 heteroatoms. The average Bonchev–Trinajstić information content (AvgIpc) is 2.11. The molecule has 15 heavy (non-hydrogen) atoms. The Balaban J connectivity index is 3.07. The van der Waals surface area contributed by atoms with Crippen molar-refractivity contribution in [1.29, 1.82) is 0 Å². The van der Waals surface area contributed by atoms with E-state index < -0.39 is 5.82 Å². The van der Waals surface area contributed by atoms with Crippen LogP contribution < -0.4 is 5.73 Å². The number of benzene rings is 1. The quantitative estimate of drug-likeness (QED) is 0.807. The minimum absolute atomic E-state index is 0.303. The minimum atomic E-state index is -0.602. The first-order valence-electron chi connectivity index (χ1n) is 5.17. The van der Waals surface area contributed by atoms with Crippen LogP contribution in [-0.2, 0) is 0 Å². The standard InChI is InChI=1S/C12H18FNO/c1-7(2)6-10(14)11-8(3)4-5-9(13)12(11)15/h4-5,7,10,15H,6,14H2,1-3H3/t10-/m1/s1. The van der Waals surface area contributed by atoms with Gasteiger partial charge in [0, 0.05) is 11.6 Å². The van der Waals surface area contributed by atoms with Gasteiger partial charge in [0.15, 0.2) is 11.6 Å². The lowest BCUT2D eigenvalue weighted by Crippen LogP contribution is -2.14. The summed E-state index contributed by atoms with van der Waals surface area (Å²) < 4.78 is 13.2. The summed E-state index contributed by atoms with van der Waals surface area (Å²) >= 11 is 0. The zero-order valence-corrected chi connectivity index (χ0v) is 9.42. The highest BCUT2D eigenvalue weighted by Gasteiger charge is 2.17. The van der Waals surface area contributed by atoms with Crippen molar-refractivity contribution in [3.8, 4) is 5.75 Å². The van der Waals surface area contributed by atoms with Crippen LogP contribution in [0, 0.1) is 18.7 Å². The monoisotopic (exact) mass is 211 g/mol. The van der Waals surface area contributed by atoms with Crippen molar-refractivity contribution in [2.45, 2.75) is 33.2 Å². The van der Waals surface area contributed by atoms with Gasteiger partial charge in [-0.3, -0.25) is 0 Å². The highest BCUT2D eigenvalue weighted by Crippen LogP contribution is 2.31. The summed E-state index contributed by atoms with van der Waals surface area (Å²) in [4.78, 5) is 0. The molecule has 0 amide bonds. The Morgan fingerprint density at radius 3 is 2.53 bits per heavy atom. The van der Waals surface area contributed by atoms with E-state index in [2.05, 4.69) is 0 Å². The van der Waals surface area contributed by atoms with Crippen LogP contribution in [0.15, 0.2) is 12.1 Å². The number of aromatic hydroxyl groups is 1. The van der Waals surface area contributed by atoms with Crippen molar-refractivity contribution < 1.29 is 9.50 Å². The number of phenols is 1. The zero-order valence-electron chi connectivity index (χ0n) is 9.42. The van der Waals surface area contributed by atoms with E-state index >= 15 is 0 Å². The number of nitrogens with two attached hydrogens (primary N) is 1. The molecule has 1 atom stereocenters. The van der Waals surface area contributed by atoms with Crippen LogP contribution in [-0.4, -0.2) is 5.11 Å². The van der Waals surface area contributed by atoms with Crippen LogP contribution in [0.25, 0.3) is 0 Å².